The van der Waals surface area contributed by atoms with Gasteiger partial charge in [0.15, 0.2) is 0 Å². The van der Waals surface area contributed by atoms with Crippen LogP contribution in [0.15, 0.2) is 54.7 Å². The number of carbonyl (C=O) groups excluding carboxylic acids is 1. The van der Waals surface area contributed by atoms with Gasteiger partial charge in [0.2, 0.25) is 0 Å². The van der Waals surface area contributed by atoms with Crippen molar-refractivity contribution in [1.29, 1.82) is 0 Å². The van der Waals surface area contributed by atoms with Gasteiger partial charge >= 0.3 is 6.18 Å². The standard InChI is InChI=1S/C27H29ClF3N5O/c1-3-20-16-35(26(37)22-8-7-19(28)14-23(22)27(29,30)31)11-12-36(20)24-9-6-17(13-18(24)15-32)21-5-4-10-34-25(21)33-2/h4-10,13-14,20H,3,11-12,15-16,32H2,1-2H3,(H,33,34)/t20-/m1/s1. The van der Waals surface area contributed by atoms with Gasteiger partial charge in [0.25, 0.3) is 5.91 Å². The second kappa shape index (κ2) is 11.0. The maximum atomic E-state index is 13.6. The van der Waals surface area contributed by atoms with E-state index in [2.05, 4.69) is 15.2 Å². The van der Waals surface area contributed by atoms with Gasteiger partial charge in [-0.05, 0) is 60.0 Å². The number of piperazine rings is 1. The molecule has 1 atom stereocenters. The van der Waals surface area contributed by atoms with Crippen LogP contribution in [0.1, 0.15) is 34.8 Å². The average molecular weight is 532 g/mol. The molecule has 0 unspecified atom stereocenters. The van der Waals surface area contributed by atoms with Gasteiger partial charge in [-0.25, -0.2) is 4.98 Å². The number of anilines is 2. The van der Waals surface area contributed by atoms with Crippen LogP contribution in [0.3, 0.4) is 0 Å². The van der Waals surface area contributed by atoms with Crippen LogP contribution < -0.4 is 16.0 Å². The highest BCUT2D eigenvalue weighted by atomic mass is 35.5. The molecule has 2 aromatic carbocycles. The number of hydrogen-bond donors (Lipinski definition) is 2. The van der Waals surface area contributed by atoms with Crippen LogP contribution >= 0.6 is 11.6 Å². The molecule has 3 N–H and O–H groups in total. The summed E-state index contributed by atoms with van der Waals surface area (Å²) in [6, 6.07) is 13.1. The van der Waals surface area contributed by atoms with Crippen molar-refractivity contribution in [3.8, 4) is 11.1 Å². The molecule has 10 heteroatoms. The predicted molar refractivity (Wildman–Crippen MR) is 141 cm³/mol. The Labute approximate surface area is 219 Å². The molecule has 0 aliphatic carbocycles. The fraction of sp³-hybridized carbons (Fsp3) is 0.333. The molecule has 6 nitrogen and oxygen atoms in total. The summed E-state index contributed by atoms with van der Waals surface area (Å²) in [5.41, 5.74) is 8.58. The summed E-state index contributed by atoms with van der Waals surface area (Å²) in [5, 5.41) is 3.04. The van der Waals surface area contributed by atoms with Crippen LogP contribution in [0.2, 0.25) is 5.02 Å². The Balaban J connectivity index is 1.60. The van der Waals surface area contributed by atoms with Crippen LogP contribution in [0.5, 0.6) is 0 Å². The number of nitrogens with zero attached hydrogens (tertiary/aromatic N) is 3. The van der Waals surface area contributed by atoms with Gasteiger partial charge in [-0.2, -0.15) is 13.2 Å². The predicted octanol–water partition coefficient (Wildman–Crippen LogP) is 5.66. The molecule has 1 amide bonds. The number of aromatic nitrogens is 1. The molecular weight excluding hydrogens is 503 g/mol. The van der Waals surface area contributed by atoms with Crippen LogP contribution in [-0.4, -0.2) is 48.5 Å². The molecule has 37 heavy (non-hydrogen) atoms. The Hall–Kier alpha value is -3.30. The smallest absolute Gasteiger partial charge is 0.373 e. The van der Waals surface area contributed by atoms with Gasteiger partial charge in [0.05, 0.1) is 11.1 Å². The summed E-state index contributed by atoms with van der Waals surface area (Å²) < 4.78 is 40.8. The van der Waals surface area contributed by atoms with Crippen LogP contribution in [0.4, 0.5) is 24.7 Å². The first kappa shape index (κ1) is 26.8. The highest BCUT2D eigenvalue weighted by Crippen LogP contribution is 2.36. The first-order chi connectivity index (χ1) is 17.7. The third kappa shape index (κ3) is 5.52. The monoisotopic (exact) mass is 531 g/mol. The van der Waals surface area contributed by atoms with Gasteiger partial charge in [-0.1, -0.05) is 24.6 Å². The molecule has 1 saturated heterocycles. The van der Waals surface area contributed by atoms with E-state index in [0.29, 0.717) is 26.1 Å². The molecule has 1 fully saturated rings. The highest BCUT2D eigenvalue weighted by molar-refractivity contribution is 6.30. The van der Waals surface area contributed by atoms with E-state index in [9.17, 15) is 18.0 Å². The zero-order valence-electron chi connectivity index (χ0n) is 20.6. The number of alkyl halides is 3. The van der Waals surface area contributed by atoms with Crippen molar-refractivity contribution in [3.05, 3.63) is 76.4 Å². The first-order valence-electron chi connectivity index (χ1n) is 12.1. The summed E-state index contributed by atoms with van der Waals surface area (Å²) in [5.74, 6) is 0.116. The van der Waals surface area contributed by atoms with E-state index in [1.807, 2.05) is 44.3 Å². The van der Waals surface area contributed by atoms with Gasteiger partial charge in [-0.15, -0.1) is 0 Å². The quantitative estimate of drug-likeness (QED) is 0.429. The fourth-order valence-corrected chi connectivity index (χ4v) is 5.02. The molecule has 0 spiro atoms. The van der Waals surface area contributed by atoms with Gasteiger partial charge in [0, 0.05) is 61.7 Å². The minimum absolute atomic E-state index is 0.0639. The van der Waals surface area contributed by atoms with E-state index >= 15 is 0 Å². The second-order valence-electron chi connectivity index (χ2n) is 8.89. The van der Waals surface area contributed by atoms with Crippen molar-refractivity contribution < 1.29 is 18.0 Å². The summed E-state index contributed by atoms with van der Waals surface area (Å²) in [6.45, 7) is 3.37. The van der Waals surface area contributed by atoms with Crippen molar-refractivity contribution in [2.24, 2.45) is 5.73 Å². The Morgan fingerprint density at radius 3 is 2.65 bits per heavy atom. The minimum Gasteiger partial charge on any atom is -0.373 e. The lowest BCUT2D eigenvalue weighted by Gasteiger charge is -2.43. The lowest BCUT2D eigenvalue weighted by atomic mass is 9.99. The van der Waals surface area contributed by atoms with E-state index < -0.39 is 17.6 Å². The van der Waals surface area contributed by atoms with E-state index in [4.69, 9.17) is 17.3 Å². The topological polar surface area (TPSA) is 74.5 Å². The Kier molecular flexibility index (Phi) is 7.94. The first-order valence-corrected chi connectivity index (χ1v) is 12.4. The fourth-order valence-electron chi connectivity index (χ4n) is 4.85. The molecule has 2 heterocycles. The lowest BCUT2D eigenvalue weighted by Crippen LogP contribution is -2.55. The van der Waals surface area contributed by atoms with Crippen molar-refractivity contribution in [1.82, 2.24) is 9.88 Å². The van der Waals surface area contributed by atoms with Gasteiger partial charge in [-0.3, -0.25) is 4.79 Å². The summed E-state index contributed by atoms with van der Waals surface area (Å²) in [6.07, 6.45) is -2.25. The molecule has 196 valence electrons. The SMILES string of the molecule is CC[C@@H]1CN(C(=O)c2ccc(Cl)cc2C(F)(F)F)CCN1c1ccc(-c2cccnc2NC)cc1CN. The summed E-state index contributed by atoms with van der Waals surface area (Å²) >= 11 is 5.79. The second-order valence-corrected chi connectivity index (χ2v) is 9.33. The molecule has 4 rings (SSSR count). The minimum atomic E-state index is -4.68. The van der Waals surface area contributed by atoms with E-state index in [1.54, 1.807) is 6.20 Å². The highest BCUT2D eigenvalue weighted by Gasteiger charge is 2.38. The number of nitrogens with two attached hydrogens (primary N) is 1. The zero-order chi connectivity index (χ0) is 26.7. The van der Waals surface area contributed by atoms with E-state index in [0.717, 1.165) is 40.3 Å². The number of halogens is 4. The molecule has 0 bridgehead atoms. The number of carbonyl (C=O) groups is 1. The van der Waals surface area contributed by atoms with E-state index in [1.165, 1.54) is 11.0 Å². The van der Waals surface area contributed by atoms with Crippen molar-refractivity contribution in [2.75, 3.05) is 36.9 Å². The normalized spacial score (nSPS) is 16.1. The van der Waals surface area contributed by atoms with Crippen LogP contribution in [0.25, 0.3) is 11.1 Å². The average Bonchev–Trinajstić information content (AvgIpc) is 2.91. The Bertz CT molecular complexity index is 1280. The van der Waals surface area contributed by atoms with E-state index in [-0.39, 0.29) is 23.2 Å². The molecule has 1 aliphatic rings. The number of rotatable bonds is 6. The van der Waals surface area contributed by atoms with Gasteiger partial charge < -0.3 is 20.9 Å². The lowest BCUT2D eigenvalue weighted by molar-refractivity contribution is -0.138. The molecule has 1 aromatic heterocycles. The molecule has 3 aromatic rings. The Morgan fingerprint density at radius 2 is 1.97 bits per heavy atom. The van der Waals surface area contributed by atoms with Crippen molar-refractivity contribution in [2.45, 2.75) is 32.1 Å². The zero-order valence-corrected chi connectivity index (χ0v) is 21.4. The maximum Gasteiger partial charge on any atom is 0.417 e. The summed E-state index contributed by atoms with van der Waals surface area (Å²) in [7, 11) is 1.82. The third-order valence-corrected chi connectivity index (χ3v) is 6.96. The van der Waals surface area contributed by atoms with Gasteiger partial charge in [0.1, 0.15) is 5.82 Å². The van der Waals surface area contributed by atoms with Crippen molar-refractivity contribution in [3.63, 3.8) is 0 Å². The van der Waals surface area contributed by atoms with Crippen molar-refractivity contribution >= 4 is 29.0 Å². The third-order valence-electron chi connectivity index (χ3n) is 6.72. The Morgan fingerprint density at radius 1 is 1.19 bits per heavy atom. The largest absolute Gasteiger partial charge is 0.417 e. The molecular formula is C27H29ClF3N5O. The molecule has 1 aliphatic heterocycles. The summed E-state index contributed by atoms with van der Waals surface area (Å²) in [4.78, 5) is 21.3. The maximum absolute atomic E-state index is 13.6. The number of hydrogen-bond acceptors (Lipinski definition) is 5. The number of amides is 1. The van der Waals surface area contributed by atoms with Crippen LogP contribution in [-0.2, 0) is 12.7 Å². The molecule has 0 saturated carbocycles. The number of pyridine rings is 1. The molecule has 0 radical (unpaired) electrons. The number of benzene rings is 2. The van der Waals surface area contributed by atoms with Crippen LogP contribution in [0, 0.1) is 0 Å². The number of nitrogens with one attached hydrogen (secondary N) is 1.